The number of carbonyl (C=O) groups is 2. The number of rotatable bonds is 9. The van der Waals surface area contributed by atoms with Crippen LogP contribution in [-0.4, -0.2) is 41.6 Å². The zero-order valence-corrected chi connectivity index (χ0v) is 12.2. The Labute approximate surface area is 113 Å². The molecule has 0 heterocycles. The number of hydrogen-bond acceptors (Lipinski definition) is 4. The zero-order valence-electron chi connectivity index (χ0n) is 11.4. The molecule has 0 rings (SSSR count). The Hall–Kier alpha value is -0.750. The Morgan fingerprint density at radius 2 is 1.94 bits per heavy atom. The fourth-order valence-electron chi connectivity index (χ4n) is 1.76. The van der Waals surface area contributed by atoms with Gasteiger partial charge in [-0.05, 0) is 31.3 Å². The molecule has 1 atom stereocenters. The number of carboxylic acids is 1. The maximum Gasteiger partial charge on any atom is 0.326 e. The molecule has 0 radical (unpaired) electrons. The maximum atomic E-state index is 12.2. The highest BCUT2D eigenvalue weighted by Gasteiger charge is 2.35. The van der Waals surface area contributed by atoms with Crippen molar-refractivity contribution >= 4 is 23.6 Å². The van der Waals surface area contributed by atoms with E-state index in [4.69, 9.17) is 10.8 Å². The molecule has 0 saturated heterocycles. The van der Waals surface area contributed by atoms with Crippen LogP contribution in [0.5, 0.6) is 0 Å². The van der Waals surface area contributed by atoms with Crippen LogP contribution in [0.15, 0.2) is 0 Å². The van der Waals surface area contributed by atoms with Crippen LogP contribution in [0.3, 0.4) is 0 Å². The van der Waals surface area contributed by atoms with Crippen molar-refractivity contribution in [3.63, 3.8) is 0 Å². The van der Waals surface area contributed by atoms with Crippen molar-refractivity contribution in [2.24, 2.45) is 11.1 Å². The summed E-state index contributed by atoms with van der Waals surface area (Å²) in [6, 6.07) is -0.825. The first-order chi connectivity index (χ1) is 8.47. The van der Waals surface area contributed by atoms with E-state index in [-0.39, 0.29) is 12.5 Å². The molecule has 0 fully saturated rings. The normalized spacial score (nSPS) is 13.1. The van der Waals surface area contributed by atoms with Gasteiger partial charge in [0, 0.05) is 6.54 Å². The van der Waals surface area contributed by atoms with Gasteiger partial charge in [-0.3, -0.25) is 4.79 Å². The topological polar surface area (TPSA) is 92.4 Å². The van der Waals surface area contributed by atoms with E-state index in [0.29, 0.717) is 25.0 Å². The lowest BCUT2D eigenvalue weighted by molar-refractivity contribution is -0.144. The SMILES string of the molecule is CCC(CC)(CN)C(=O)N[C@@H](CCSC)C(=O)O. The predicted molar refractivity (Wildman–Crippen MR) is 74.6 cm³/mol. The Morgan fingerprint density at radius 1 is 1.39 bits per heavy atom. The summed E-state index contributed by atoms with van der Waals surface area (Å²) < 4.78 is 0. The second kappa shape index (κ2) is 8.37. The first-order valence-electron chi connectivity index (χ1n) is 6.20. The molecule has 0 spiro atoms. The summed E-state index contributed by atoms with van der Waals surface area (Å²) in [7, 11) is 0. The molecule has 0 bridgehead atoms. The van der Waals surface area contributed by atoms with Gasteiger partial charge < -0.3 is 16.2 Å². The number of thioether (sulfide) groups is 1. The third kappa shape index (κ3) is 4.49. The quantitative estimate of drug-likeness (QED) is 0.586. The number of nitrogens with one attached hydrogen (secondary N) is 1. The third-order valence-electron chi connectivity index (χ3n) is 3.44. The van der Waals surface area contributed by atoms with Crippen molar-refractivity contribution in [3.05, 3.63) is 0 Å². The molecule has 6 heteroatoms. The van der Waals surface area contributed by atoms with Crippen LogP contribution in [0.4, 0.5) is 0 Å². The number of nitrogens with two attached hydrogens (primary N) is 1. The van der Waals surface area contributed by atoms with Crippen LogP contribution in [-0.2, 0) is 9.59 Å². The molecule has 1 amide bonds. The molecule has 0 aliphatic carbocycles. The fourth-order valence-corrected chi connectivity index (χ4v) is 2.23. The van der Waals surface area contributed by atoms with E-state index in [1.54, 1.807) is 11.8 Å². The molecule has 106 valence electrons. The lowest BCUT2D eigenvalue weighted by Gasteiger charge is -2.30. The second-order valence-corrected chi connectivity index (χ2v) is 5.32. The molecule has 0 aromatic carbocycles. The summed E-state index contributed by atoms with van der Waals surface area (Å²) in [5.74, 6) is -0.537. The van der Waals surface area contributed by atoms with E-state index in [0.717, 1.165) is 0 Å². The highest BCUT2D eigenvalue weighted by molar-refractivity contribution is 7.98. The summed E-state index contributed by atoms with van der Waals surface area (Å²) in [5.41, 5.74) is 5.02. The first-order valence-corrected chi connectivity index (χ1v) is 7.59. The fraction of sp³-hybridized carbons (Fsp3) is 0.833. The standard InChI is InChI=1S/C12H24N2O3S/c1-4-12(5-2,8-13)11(17)14-9(10(15)16)6-7-18-3/h9H,4-8,13H2,1-3H3,(H,14,17)(H,15,16)/t9-/m0/s1. The number of hydrogen-bond donors (Lipinski definition) is 3. The zero-order chi connectivity index (χ0) is 14.2. The Balaban J connectivity index is 4.71. The molecule has 18 heavy (non-hydrogen) atoms. The molecule has 0 aliphatic rings. The van der Waals surface area contributed by atoms with Crippen molar-refractivity contribution in [3.8, 4) is 0 Å². The summed E-state index contributed by atoms with van der Waals surface area (Å²) in [6.07, 6.45) is 3.56. The Morgan fingerprint density at radius 3 is 2.28 bits per heavy atom. The van der Waals surface area contributed by atoms with Crippen LogP contribution < -0.4 is 11.1 Å². The van der Waals surface area contributed by atoms with E-state index in [1.807, 2.05) is 20.1 Å². The average molecular weight is 276 g/mol. The summed E-state index contributed by atoms with van der Waals surface area (Å²) in [6.45, 7) is 4.03. The molecular formula is C12H24N2O3S. The largest absolute Gasteiger partial charge is 0.480 e. The summed E-state index contributed by atoms with van der Waals surface area (Å²) in [4.78, 5) is 23.3. The van der Waals surface area contributed by atoms with Crippen molar-refractivity contribution < 1.29 is 14.7 Å². The number of carboxylic acid groups (broad SMARTS) is 1. The Bertz CT molecular complexity index is 272. The molecule has 0 unspecified atom stereocenters. The molecule has 0 aromatic rings. The van der Waals surface area contributed by atoms with Gasteiger partial charge in [-0.1, -0.05) is 13.8 Å². The van der Waals surface area contributed by atoms with Crippen LogP contribution in [0.1, 0.15) is 33.1 Å². The van der Waals surface area contributed by atoms with Gasteiger partial charge in [0.1, 0.15) is 6.04 Å². The second-order valence-electron chi connectivity index (χ2n) is 4.34. The molecular weight excluding hydrogens is 252 g/mol. The van der Waals surface area contributed by atoms with Crippen molar-refractivity contribution in [2.45, 2.75) is 39.2 Å². The minimum Gasteiger partial charge on any atom is -0.480 e. The van der Waals surface area contributed by atoms with Crippen molar-refractivity contribution in [1.82, 2.24) is 5.32 Å². The number of amides is 1. The van der Waals surface area contributed by atoms with E-state index < -0.39 is 17.4 Å². The molecule has 5 nitrogen and oxygen atoms in total. The molecule has 0 saturated carbocycles. The lowest BCUT2D eigenvalue weighted by Crippen LogP contribution is -2.51. The minimum absolute atomic E-state index is 0.237. The van der Waals surface area contributed by atoms with Crippen LogP contribution in [0.25, 0.3) is 0 Å². The van der Waals surface area contributed by atoms with Gasteiger partial charge in [0.2, 0.25) is 5.91 Å². The van der Waals surface area contributed by atoms with E-state index in [9.17, 15) is 9.59 Å². The maximum absolute atomic E-state index is 12.2. The third-order valence-corrected chi connectivity index (χ3v) is 4.08. The highest BCUT2D eigenvalue weighted by atomic mass is 32.2. The van der Waals surface area contributed by atoms with Gasteiger partial charge in [-0.2, -0.15) is 11.8 Å². The predicted octanol–water partition coefficient (Wildman–Crippen LogP) is 1.07. The number of aliphatic carboxylic acids is 1. The van der Waals surface area contributed by atoms with Gasteiger partial charge in [-0.15, -0.1) is 0 Å². The van der Waals surface area contributed by atoms with Crippen molar-refractivity contribution in [1.29, 1.82) is 0 Å². The Kier molecular flexibility index (Phi) is 8.02. The molecule has 4 N–H and O–H groups in total. The monoisotopic (exact) mass is 276 g/mol. The van der Waals surface area contributed by atoms with Gasteiger partial charge in [0.25, 0.3) is 0 Å². The van der Waals surface area contributed by atoms with Gasteiger partial charge in [0.05, 0.1) is 5.41 Å². The number of carbonyl (C=O) groups excluding carboxylic acids is 1. The van der Waals surface area contributed by atoms with Gasteiger partial charge in [-0.25, -0.2) is 4.79 Å². The molecule has 0 aliphatic heterocycles. The smallest absolute Gasteiger partial charge is 0.326 e. The van der Waals surface area contributed by atoms with Crippen LogP contribution in [0.2, 0.25) is 0 Å². The minimum atomic E-state index is -0.990. The van der Waals surface area contributed by atoms with E-state index in [2.05, 4.69) is 5.32 Å². The van der Waals surface area contributed by atoms with Crippen molar-refractivity contribution in [2.75, 3.05) is 18.6 Å². The van der Waals surface area contributed by atoms with E-state index >= 15 is 0 Å². The summed E-state index contributed by atoms with van der Waals surface area (Å²) in [5, 5.41) is 11.7. The van der Waals surface area contributed by atoms with Gasteiger partial charge in [0.15, 0.2) is 0 Å². The van der Waals surface area contributed by atoms with Gasteiger partial charge >= 0.3 is 5.97 Å². The molecule has 0 aromatic heterocycles. The first kappa shape index (κ1) is 17.2. The van der Waals surface area contributed by atoms with Crippen LogP contribution >= 0.6 is 11.8 Å². The van der Waals surface area contributed by atoms with E-state index in [1.165, 1.54) is 0 Å². The van der Waals surface area contributed by atoms with Crippen LogP contribution in [0, 0.1) is 5.41 Å². The lowest BCUT2D eigenvalue weighted by atomic mass is 9.81. The average Bonchev–Trinajstić information content (AvgIpc) is 2.36. The highest BCUT2D eigenvalue weighted by Crippen LogP contribution is 2.25. The summed E-state index contributed by atoms with van der Waals surface area (Å²) >= 11 is 1.56.